The van der Waals surface area contributed by atoms with Gasteiger partial charge in [-0.1, -0.05) is 0 Å². The summed E-state index contributed by atoms with van der Waals surface area (Å²) in [6, 6.07) is 6.47. The molecule has 0 fully saturated rings. The van der Waals surface area contributed by atoms with Gasteiger partial charge in [-0.05, 0) is 36.8 Å². The van der Waals surface area contributed by atoms with Crippen molar-refractivity contribution in [3.8, 4) is 0 Å². The Labute approximate surface area is 113 Å². The summed E-state index contributed by atoms with van der Waals surface area (Å²) in [6.45, 7) is 1.67. The highest BCUT2D eigenvalue weighted by Gasteiger charge is 2.10. The predicted molar refractivity (Wildman–Crippen MR) is 70.0 cm³/mol. The summed E-state index contributed by atoms with van der Waals surface area (Å²) in [4.78, 5) is 25.5. The average molecular weight is 275 g/mol. The number of anilines is 1. The SMILES string of the molecule is Cc1cc(F)cc(C(=O)Nc2ccc([N+](=O)[O-])cn2)c1. The Morgan fingerprint density at radius 1 is 1.35 bits per heavy atom. The Kier molecular flexibility index (Phi) is 3.69. The van der Waals surface area contributed by atoms with Crippen LogP contribution in [0.15, 0.2) is 36.5 Å². The molecule has 0 aliphatic carbocycles. The maximum Gasteiger partial charge on any atom is 0.287 e. The lowest BCUT2D eigenvalue weighted by atomic mass is 10.1. The van der Waals surface area contributed by atoms with Crippen LogP contribution < -0.4 is 5.32 Å². The lowest BCUT2D eigenvalue weighted by Gasteiger charge is -2.05. The zero-order chi connectivity index (χ0) is 14.7. The smallest absolute Gasteiger partial charge is 0.287 e. The summed E-state index contributed by atoms with van der Waals surface area (Å²) in [7, 11) is 0. The summed E-state index contributed by atoms with van der Waals surface area (Å²) in [5, 5.41) is 12.9. The normalized spacial score (nSPS) is 10.1. The van der Waals surface area contributed by atoms with E-state index in [9.17, 15) is 19.3 Å². The quantitative estimate of drug-likeness (QED) is 0.689. The van der Waals surface area contributed by atoms with E-state index in [-0.39, 0.29) is 17.1 Å². The highest BCUT2D eigenvalue weighted by Crippen LogP contribution is 2.14. The number of amides is 1. The van der Waals surface area contributed by atoms with Crippen molar-refractivity contribution in [1.82, 2.24) is 4.98 Å². The molecule has 102 valence electrons. The third-order valence-electron chi connectivity index (χ3n) is 2.50. The minimum absolute atomic E-state index is 0.155. The van der Waals surface area contributed by atoms with E-state index >= 15 is 0 Å². The molecule has 6 nitrogen and oxygen atoms in total. The van der Waals surface area contributed by atoms with Gasteiger partial charge in [-0.3, -0.25) is 14.9 Å². The molecule has 7 heteroatoms. The van der Waals surface area contributed by atoms with Crippen molar-refractivity contribution in [2.24, 2.45) is 0 Å². The van der Waals surface area contributed by atoms with Crippen LogP contribution in [-0.4, -0.2) is 15.8 Å². The molecule has 0 bridgehead atoms. The molecule has 0 atom stereocenters. The molecule has 0 radical (unpaired) electrons. The number of benzene rings is 1. The maximum absolute atomic E-state index is 13.2. The van der Waals surface area contributed by atoms with Crippen LogP contribution in [-0.2, 0) is 0 Å². The van der Waals surface area contributed by atoms with Gasteiger partial charge < -0.3 is 5.32 Å². The summed E-state index contributed by atoms with van der Waals surface area (Å²) in [5.74, 6) is -0.886. The van der Waals surface area contributed by atoms with Gasteiger partial charge >= 0.3 is 0 Å². The number of hydrogen-bond acceptors (Lipinski definition) is 4. The van der Waals surface area contributed by atoms with Crippen molar-refractivity contribution in [2.45, 2.75) is 6.92 Å². The van der Waals surface area contributed by atoms with E-state index in [0.29, 0.717) is 5.56 Å². The number of halogens is 1. The van der Waals surface area contributed by atoms with Crippen LogP contribution in [0.25, 0.3) is 0 Å². The number of aryl methyl sites for hydroxylation is 1. The van der Waals surface area contributed by atoms with Gasteiger partial charge in [0.25, 0.3) is 11.6 Å². The number of nitrogens with zero attached hydrogens (tertiary/aromatic N) is 2. The number of carbonyl (C=O) groups is 1. The van der Waals surface area contributed by atoms with Crippen molar-refractivity contribution in [3.05, 3.63) is 63.6 Å². The standard InChI is InChI=1S/C13H10FN3O3/c1-8-4-9(6-10(14)5-8)13(18)16-12-3-2-11(7-15-12)17(19)20/h2-7H,1H3,(H,15,16,18). The van der Waals surface area contributed by atoms with Crippen LogP contribution in [0.5, 0.6) is 0 Å². The molecular weight excluding hydrogens is 265 g/mol. The number of rotatable bonds is 3. The monoisotopic (exact) mass is 275 g/mol. The number of aromatic nitrogens is 1. The van der Waals surface area contributed by atoms with E-state index < -0.39 is 16.6 Å². The molecule has 0 aliphatic heterocycles. The fourth-order valence-electron chi connectivity index (χ4n) is 1.62. The topological polar surface area (TPSA) is 85.1 Å². The van der Waals surface area contributed by atoms with Crippen molar-refractivity contribution in [1.29, 1.82) is 0 Å². The Balaban J connectivity index is 2.16. The third-order valence-corrected chi connectivity index (χ3v) is 2.50. The van der Waals surface area contributed by atoms with Gasteiger partial charge in [-0.2, -0.15) is 0 Å². The van der Waals surface area contributed by atoms with E-state index in [1.165, 1.54) is 24.3 Å². The molecule has 0 saturated heterocycles. The largest absolute Gasteiger partial charge is 0.307 e. The van der Waals surface area contributed by atoms with Crippen molar-refractivity contribution >= 4 is 17.4 Å². The average Bonchev–Trinajstić information content (AvgIpc) is 2.38. The molecular formula is C13H10FN3O3. The second-order valence-corrected chi connectivity index (χ2v) is 4.13. The first-order chi connectivity index (χ1) is 9.45. The molecule has 2 rings (SSSR count). The maximum atomic E-state index is 13.2. The van der Waals surface area contributed by atoms with E-state index in [1.807, 2.05) is 0 Å². The predicted octanol–water partition coefficient (Wildman–Crippen LogP) is 2.69. The molecule has 1 heterocycles. The summed E-state index contributed by atoms with van der Waals surface area (Å²) >= 11 is 0. The van der Waals surface area contributed by atoms with E-state index in [4.69, 9.17) is 0 Å². The van der Waals surface area contributed by atoms with Crippen LogP contribution in [0.2, 0.25) is 0 Å². The molecule has 1 amide bonds. The highest BCUT2D eigenvalue weighted by atomic mass is 19.1. The van der Waals surface area contributed by atoms with Crippen LogP contribution in [0.3, 0.4) is 0 Å². The first-order valence-electron chi connectivity index (χ1n) is 5.65. The number of carbonyl (C=O) groups excluding carboxylic acids is 1. The highest BCUT2D eigenvalue weighted by molar-refractivity contribution is 6.03. The van der Waals surface area contributed by atoms with Crippen molar-refractivity contribution in [3.63, 3.8) is 0 Å². The zero-order valence-corrected chi connectivity index (χ0v) is 10.5. The first-order valence-corrected chi connectivity index (χ1v) is 5.65. The third kappa shape index (κ3) is 3.14. The first kappa shape index (κ1) is 13.6. The van der Waals surface area contributed by atoms with Gasteiger partial charge in [-0.25, -0.2) is 9.37 Å². The van der Waals surface area contributed by atoms with Gasteiger partial charge in [0, 0.05) is 11.6 Å². The van der Waals surface area contributed by atoms with Gasteiger partial charge in [0.1, 0.15) is 17.8 Å². The van der Waals surface area contributed by atoms with E-state index in [1.54, 1.807) is 6.92 Å². The molecule has 1 aromatic heterocycles. The Morgan fingerprint density at radius 3 is 2.65 bits per heavy atom. The Hall–Kier alpha value is -2.83. The number of nitrogens with one attached hydrogen (secondary N) is 1. The lowest BCUT2D eigenvalue weighted by molar-refractivity contribution is -0.385. The van der Waals surface area contributed by atoms with Crippen molar-refractivity contribution < 1.29 is 14.1 Å². The number of pyridine rings is 1. The fraction of sp³-hybridized carbons (Fsp3) is 0.0769. The molecule has 0 spiro atoms. The summed E-state index contributed by atoms with van der Waals surface area (Å²) < 4.78 is 13.2. The minimum Gasteiger partial charge on any atom is -0.307 e. The fourth-order valence-corrected chi connectivity index (χ4v) is 1.62. The molecule has 1 N–H and O–H groups in total. The molecule has 0 unspecified atom stereocenters. The zero-order valence-electron chi connectivity index (χ0n) is 10.5. The Morgan fingerprint density at radius 2 is 2.10 bits per heavy atom. The van der Waals surface area contributed by atoms with Gasteiger partial charge in [0.15, 0.2) is 0 Å². The molecule has 0 aliphatic rings. The molecule has 2 aromatic rings. The van der Waals surface area contributed by atoms with Crippen LogP contribution >= 0.6 is 0 Å². The Bertz CT molecular complexity index is 651. The van der Waals surface area contributed by atoms with Gasteiger partial charge in [-0.15, -0.1) is 0 Å². The second kappa shape index (κ2) is 5.43. The van der Waals surface area contributed by atoms with E-state index in [0.717, 1.165) is 12.3 Å². The minimum atomic E-state index is -0.589. The van der Waals surface area contributed by atoms with Crippen molar-refractivity contribution in [2.75, 3.05) is 5.32 Å². The van der Waals surface area contributed by atoms with Gasteiger partial charge in [0.05, 0.1) is 4.92 Å². The lowest BCUT2D eigenvalue weighted by Crippen LogP contribution is -2.13. The van der Waals surface area contributed by atoms with Crippen LogP contribution in [0, 0.1) is 22.9 Å². The molecule has 1 aromatic carbocycles. The second-order valence-electron chi connectivity index (χ2n) is 4.13. The van der Waals surface area contributed by atoms with Crippen LogP contribution in [0.1, 0.15) is 15.9 Å². The van der Waals surface area contributed by atoms with E-state index in [2.05, 4.69) is 10.3 Å². The summed E-state index contributed by atoms with van der Waals surface area (Å²) in [6.07, 6.45) is 1.03. The summed E-state index contributed by atoms with van der Waals surface area (Å²) in [5.41, 5.74) is 0.596. The number of nitro groups is 1. The number of hydrogen-bond donors (Lipinski definition) is 1. The van der Waals surface area contributed by atoms with Crippen LogP contribution in [0.4, 0.5) is 15.9 Å². The van der Waals surface area contributed by atoms with Gasteiger partial charge in [0.2, 0.25) is 0 Å². The molecule has 0 saturated carbocycles. The molecule has 20 heavy (non-hydrogen) atoms.